The largest absolute Gasteiger partial charge is 0.394 e. The first-order valence-electron chi connectivity index (χ1n) is 6.20. The summed E-state index contributed by atoms with van der Waals surface area (Å²) in [6.45, 7) is 4.50. The molecule has 0 aliphatic rings. The monoisotopic (exact) mass is 221 g/mol. The highest BCUT2D eigenvalue weighted by Crippen LogP contribution is 2.24. The van der Waals surface area contributed by atoms with Gasteiger partial charge in [-0.3, -0.25) is 0 Å². The maximum absolute atomic E-state index is 9.60. The lowest BCUT2D eigenvalue weighted by molar-refractivity contribution is 0.195. The van der Waals surface area contributed by atoms with E-state index in [1.807, 2.05) is 30.3 Å². The van der Waals surface area contributed by atoms with Gasteiger partial charge in [-0.05, 0) is 25.0 Å². The lowest BCUT2D eigenvalue weighted by Gasteiger charge is -2.33. The van der Waals surface area contributed by atoms with Crippen LogP contribution in [0.15, 0.2) is 30.3 Å². The molecule has 1 unspecified atom stereocenters. The highest BCUT2D eigenvalue weighted by atomic mass is 16.3. The molecule has 16 heavy (non-hydrogen) atoms. The minimum atomic E-state index is -0.155. The van der Waals surface area contributed by atoms with Crippen molar-refractivity contribution in [2.75, 3.05) is 11.9 Å². The average molecular weight is 221 g/mol. The van der Waals surface area contributed by atoms with E-state index in [0.29, 0.717) is 0 Å². The molecule has 2 heteroatoms. The SMILES string of the molecule is CCCCC(CC)(CO)Nc1ccccc1. The molecular weight excluding hydrogens is 198 g/mol. The van der Waals surface area contributed by atoms with Crippen molar-refractivity contribution in [2.24, 2.45) is 0 Å². The van der Waals surface area contributed by atoms with Crippen molar-refractivity contribution in [2.45, 2.75) is 45.1 Å². The van der Waals surface area contributed by atoms with Crippen LogP contribution in [0.4, 0.5) is 5.69 Å². The minimum Gasteiger partial charge on any atom is -0.394 e. The van der Waals surface area contributed by atoms with E-state index in [-0.39, 0.29) is 12.1 Å². The molecule has 2 nitrogen and oxygen atoms in total. The van der Waals surface area contributed by atoms with Crippen molar-refractivity contribution in [3.8, 4) is 0 Å². The summed E-state index contributed by atoms with van der Waals surface area (Å²) in [6.07, 6.45) is 4.27. The van der Waals surface area contributed by atoms with Crippen LogP contribution in [0.5, 0.6) is 0 Å². The third-order valence-electron chi connectivity index (χ3n) is 3.17. The first kappa shape index (κ1) is 13.0. The molecule has 1 aromatic rings. The number of hydrogen-bond acceptors (Lipinski definition) is 2. The number of aliphatic hydroxyl groups excluding tert-OH is 1. The van der Waals surface area contributed by atoms with Gasteiger partial charge < -0.3 is 10.4 Å². The van der Waals surface area contributed by atoms with Crippen molar-refractivity contribution in [3.05, 3.63) is 30.3 Å². The quantitative estimate of drug-likeness (QED) is 0.739. The predicted octanol–water partition coefficient (Wildman–Crippen LogP) is 3.43. The van der Waals surface area contributed by atoms with E-state index in [0.717, 1.165) is 31.4 Å². The predicted molar refractivity (Wildman–Crippen MR) is 69.7 cm³/mol. The zero-order valence-corrected chi connectivity index (χ0v) is 10.4. The van der Waals surface area contributed by atoms with Gasteiger partial charge in [0.1, 0.15) is 0 Å². The van der Waals surface area contributed by atoms with E-state index in [1.54, 1.807) is 0 Å². The molecule has 0 aliphatic heterocycles. The first-order chi connectivity index (χ1) is 7.76. The fourth-order valence-electron chi connectivity index (χ4n) is 1.90. The van der Waals surface area contributed by atoms with E-state index in [9.17, 15) is 5.11 Å². The molecule has 0 amide bonds. The zero-order valence-electron chi connectivity index (χ0n) is 10.4. The molecule has 2 N–H and O–H groups in total. The normalized spacial score (nSPS) is 14.4. The van der Waals surface area contributed by atoms with Gasteiger partial charge in [0.25, 0.3) is 0 Å². The summed E-state index contributed by atoms with van der Waals surface area (Å²) < 4.78 is 0. The first-order valence-corrected chi connectivity index (χ1v) is 6.20. The van der Waals surface area contributed by atoms with E-state index < -0.39 is 0 Å². The number of aliphatic hydroxyl groups is 1. The maximum Gasteiger partial charge on any atom is 0.0661 e. The number of unbranched alkanes of at least 4 members (excludes halogenated alkanes) is 1. The van der Waals surface area contributed by atoms with Gasteiger partial charge in [-0.15, -0.1) is 0 Å². The summed E-state index contributed by atoms with van der Waals surface area (Å²) >= 11 is 0. The third kappa shape index (κ3) is 3.53. The Hall–Kier alpha value is -1.02. The van der Waals surface area contributed by atoms with Gasteiger partial charge in [0, 0.05) is 5.69 Å². The van der Waals surface area contributed by atoms with E-state index in [4.69, 9.17) is 0 Å². The van der Waals surface area contributed by atoms with Gasteiger partial charge in [-0.25, -0.2) is 0 Å². The molecule has 0 bridgehead atoms. The van der Waals surface area contributed by atoms with Crippen LogP contribution in [0.1, 0.15) is 39.5 Å². The number of para-hydroxylation sites is 1. The fraction of sp³-hybridized carbons (Fsp3) is 0.571. The molecule has 90 valence electrons. The lowest BCUT2D eigenvalue weighted by atomic mass is 9.90. The van der Waals surface area contributed by atoms with E-state index >= 15 is 0 Å². The van der Waals surface area contributed by atoms with Gasteiger partial charge in [0.05, 0.1) is 12.1 Å². The Balaban J connectivity index is 2.70. The highest BCUT2D eigenvalue weighted by Gasteiger charge is 2.26. The highest BCUT2D eigenvalue weighted by molar-refractivity contribution is 5.45. The molecule has 0 aliphatic carbocycles. The number of hydrogen-bond donors (Lipinski definition) is 2. The van der Waals surface area contributed by atoms with Gasteiger partial charge in [-0.2, -0.15) is 0 Å². The average Bonchev–Trinajstić information content (AvgIpc) is 2.36. The van der Waals surface area contributed by atoms with Crippen molar-refractivity contribution >= 4 is 5.69 Å². The van der Waals surface area contributed by atoms with Gasteiger partial charge in [0.2, 0.25) is 0 Å². The Bertz CT molecular complexity index is 280. The standard InChI is InChI=1S/C14H23NO/c1-3-5-11-14(4-2,12-16)15-13-9-7-6-8-10-13/h6-10,15-16H,3-5,11-12H2,1-2H3. The Kier molecular flexibility index (Phi) is 5.33. The summed E-state index contributed by atoms with van der Waals surface area (Å²) in [5.41, 5.74) is 0.937. The van der Waals surface area contributed by atoms with Gasteiger partial charge in [-0.1, -0.05) is 44.9 Å². The summed E-state index contributed by atoms with van der Waals surface area (Å²) in [5.74, 6) is 0. The number of benzene rings is 1. The summed E-state index contributed by atoms with van der Waals surface area (Å²) in [6, 6.07) is 10.1. The second-order valence-electron chi connectivity index (χ2n) is 4.39. The summed E-state index contributed by atoms with van der Waals surface area (Å²) in [5, 5.41) is 13.1. The van der Waals surface area contributed by atoms with Gasteiger partial charge in [0.15, 0.2) is 0 Å². The molecule has 1 atom stereocenters. The Morgan fingerprint density at radius 1 is 1.19 bits per heavy atom. The van der Waals surface area contributed by atoms with Gasteiger partial charge >= 0.3 is 0 Å². The van der Waals surface area contributed by atoms with E-state index in [2.05, 4.69) is 19.2 Å². The molecule has 0 radical (unpaired) electrons. The van der Waals surface area contributed by atoms with Crippen LogP contribution in [0.2, 0.25) is 0 Å². The maximum atomic E-state index is 9.60. The molecule has 1 rings (SSSR count). The van der Waals surface area contributed by atoms with E-state index in [1.165, 1.54) is 0 Å². The smallest absolute Gasteiger partial charge is 0.0661 e. The molecule has 0 aromatic heterocycles. The number of anilines is 1. The van der Waals surface area contributed by atoms with Crippen LogP contribution >= 0.6 is 0 Å². The van der Waals surface area contributed by atoms with Crippen LogP contribution in [0.25, 0.3) is 0 Å². The topological polar surface area (TPSA) is 32.3 Å². The molecule has 0 heterocycles. The van der Waals surface area contributed by atoms with Crippen molar-refractivity contribution in [1.29, 1.82) is 0 Å². The Morgan fingerprint density at radius 3 is 2.38 bits per heavy atom. The molecule has 0 saturated heterocycles. The molecule has 0 fully saturated rings. The van der Waals surface area contributed by atoms with Crippen LogP contribution in [0.3, 0.4) is 0 Å². The second-order valence-corrected chi connectivity index (χ2v) is 4.39. The number of rotatable bonds is 7. The fourth-order valence-corrected chi connectivity index (χ4v) is 1.90. The molecule has 1 aromatic carbocycles. The van der Waals surface area contributed by atoms with Crippen LogP contribution in [0, 0.1) is 0 Å². The van der Waals surface area contributed by atoms with Crippen LogP contribution in [-0.4, -0.2) is 17.3 Å². The Labute approximate surface area is 98.7 Å². The third-order valence-corrected chi connectivity index (χ3v) is 3.17. The zero-order chi connectivity index (χ0) is 11.9. The van der Waals surface area contributed by atoms with Crippen LogP contribution in [-0.2, 0) is 0 Å². The summed E-state index contributed by atoms with van der Waals surface area (Å²) in [4.78, 5) is 0. The number of nitrogens with one attached hydrogen (secondary N) is 1. The molecule has 0 spiro atoms. The second kappa shape index (κ2) is 6.54. The summed E-state index contributed by atoms with van der Waals surface area (Å²) in [7, 11) is 0. The van der Waals surface area contributed by atoms with Crippen LogP contribution < -0.4 is 5.32 Å². The van der Waals surface area contributed by atoms with Crippen molar-refractivity contribution < 1.29 is 5.11 Å². The minimum absolute atomic E-state index is 0.155. The van der Waals surface area contributed by atoms with Crippen molar-refractivity contribution in [3.63, 3.8) is 0 Å². The Morgan fingerprint density at radius 2 is 1.88 bits per heavy atom. The van der Waals surface area contributed by atoms with Crippen molar-refractivity contribution in [1.82, 2.24) is 0 Å². The molecule has 0 saturated carbocycles. The lowest BCUT2D eigenvalue weighted by Crippen LogP contribution is -2.41. The molecular formula is C14H23NO.